The molecule has 3 N–H and O–H groups in total. The Hall–Kier alpha value is -4.65. The van der Waals surface area contributed by atoms with Crippen molar-refractivity contribution in [3.05, 3.63) is 95.0 Å². The molecule has 0 spiro atoms. The molecular formula is C27H22BrF3N4O5. The fourth-order valence-corrected chi connectivity index (χ4v) is 3.40. The topological polar surface area (TPSA) is 118 Å². The minimum Gasteiger partial charge on any atom is -0.490 e. The predicted octanol–water partition coefficient (Wildman–Crippen LogP) is 5.14. The molecular weight excluding hydrogens is 597 g/mol. The third kappa shape index (κ3) is 9.27. The van der Waals surface area contributed by atoms with Gasteiger partial charge in [0.15, 0.2) is 6.61 Å². The molecule has 9 nitrogen and oxygen atoms in total. The van der Waals surface area contributed by atoms with Gasteiger partial charge in [0.05, 0.1) is 17.5 Å². The van der Waals surface area contributed by atoms with Crippen molar-refractivity contribution in [3.63, 3.8) is 0 Å². The maximum absolute atomic E-state index is 13.2. The maximum atomic E-state index is 13.2. The Morgan fingerprint density at radius 3 is 2.20 bits per heavy atom. The predicted molar refractivity (Wildman–Crippen MR) is 146 cm³/mol. The first-order valence-corrected chi connectivity index (χ1v) is 12.2. The van der Waals surface area contributed by atoms with Crippen molar-refractivity contribution in [1.29, 1.82) is 0 Å². The van der Waals surface area contributed by atoms with Gasteiger partial charge < -0.3 is 20.1 Å². The second kappa shape index (κ2) is 13.9. The Balaban J connectivity index is 1.45. The van der Waals surface area contributed by atoms with Crippen LogP contribution < -0.4 is 25.5 Å². The van der Waals surface area contributed by atoms with Crippen molar-refractivity contribution in [2.24, 2.45) is 5.10 Å². The van der Waals surface area contributed by atoms with Crippen molar-refractivity contribution in [1.82, 2.24) is 5.43 Å². The number of anilines is 2. The van der Waals surface area contributed by atoms with Gasteiger partial charge in [-0.15, -0.1) is 0 Å². The second-order valence-electron chi connectivity index (χ2n) is 7.87. The largest absolute Gasteiger partial charge is 0.490 e. The van der Waals surface area contributed by atoms with E-state index in [2.05, 4.69) is 43.7 Å². The number of rotatable bonds is 10. The zero-order chi connectivity index (χ0) is 29.1. The number of carbonyl (C=O) groups is 3. The lowest BCUT2D eigenvalue weighted by Gasteiger charge is -2.14. The van der Waals surface area contributed by atoms with E-state index in [1.54, 1.807) is 42.5 Å². The molecule has 0 saturated heterocycles. The summed E-state index contributed by atoms with van der Waals surface area (Å²) < 4.78 is 50.5. The Bertz CT molecular complexity index is 1390. The number of nitrogens with zero attached hydrogens (tertiary/aromatic N) is 1. The number of hydrazone groups is 1. The van der Waals surface area contributed by atoms with Crippen molar-refractivity contribution in [2.45, 2.75) is 6.18 Å². The summed E-state index contributed by atoms with van der Waals surface area (Å²) >= 11 is 2.98. The van der Waals surface area contributed by atoms with Crippen molar-refractivity contribution >= 4 is 51.2 Å². The van der Waals surface area contributed by atoms with Gasteiger partial charge in [-0.25, -0.2) is 5.43 Å². The minimum absolute atomic E-state index is 0.220. The van der Waals surface area contributed by atoms with E-state index in [4.69, 9.17) is 9.47 Å². The highest BCUT2D eigenvalue weighted by atomic mass is 79.9. The van der Waals surface area contributed by atoms with Crippen LogP contribution in [0, 0.1) is 0 Å². The van der Waals surface area contributed by atoms with Crippen LogP contribution in [0.1, 0.15) is 11.1 Å². The summed E-state index contributed by atoms with van der Waals surface area (Å²) in [4.78, 5) is 36.1. The highest BCUT2D eigenvalue weighted by Crippen LogP contribution is 2.36. The molecule has 0 radical (unpaired) electrons. The molecule has 3 aromatic rings. The van der Waals surface area contributed by atoms with Crippen molar-refractivity contribution < 1.29 is 37.0 Å². The zero-order valence-corrected chi connectivity index (χ0v) is 22.2. The molecule has 0 aliphatic heterocycles. The van der Waals surface area contributed by atoms with Gasteiger partial charge in [-0.2, -0.15) is 18.3 Å². The SMILES string of the molecule is C=CCOc1ccc(NC(=O)C(=O)N/N=C\c2ccc(OCC(=O)Nc3ccc(Br)cc3C(F)(F)F)cc2)cc1. The standard InChI is InChI=1S/C27H22BrF3N4O5/c1-2-13-39-20-10-6-19(7-11-20)33-25(37)26(38)35-32-15-17-3-8-21(9-4-17)40-16-24(36)34-23-12-5-18(28)14-22(23)27(29,30)31/h2-12,14-15H,1,13,16H2,(H,33,37)(H,34,36)(H,35,38)/b32-15-. The number of nitrogens with one attached hydrogen (secondary N) is 3. The Labute approximate surface area is 235 Å². The van der Waals surface area contributed by atoms with E-state index < -0.39 is 41.8 Å². The third-order valence-corrected chi connectivity index (χ3v) is 5.37. The summed E-state index contributed by atoms with van der Waals surface area (Å²) in [5.74, 6) is -1.86. The quantitative estimate of drug-likeness (QED) is 0.126. The molecule has 3 rings (SSSR count). The minimum atomic E-state index is -4.65. The van der Waals surface area contributed by atoms with Gasteiger partial charge in [0.25, 0.3) is 5.91 Å². The van der Waals surface area contributed by atoms with Crippen LogP contribution >= 0.6 is 15.9 Å². The van der Waals surface area contributed by atoms with Crippen LogP contribution in [0.5, 0.6) is 11.5 Å². The lowest BCUT2D eigenvalue weighted by molar-refractivity contribution is -0.137. The van der Waals surface area contributed by atoms with E-state index in [9.17, 15) is 27.6 Å². The van der Waals surface area contributed by atoms with Crippen LogP contribution in [-0.2, 0) is 20.6 Å². The molecule has 0 atom stereocenters. The first-order chi connectivity index (χ1) is 19.0. The molecule has 0 heterocycles. The van der Waals surface area contributed by atoms with Crippen LogP contribution in [0.3, 0.4) is 0 Å². The molecule has 0 saturated carbocycles. The first-order valence-electron chi connectivity index (χ1n) is 11.4. The van der Waals surface area contributed by atoms with Gasteiger partial charge in [-0.1, -0.05) is 28.6 Å². The van der Waals surface area contributed by atoms with Crippen molar-refractivity contribution in [3.8, 4) is 11.5 Å². The number of amides is 3. The summed E-state index contributed by atoms with van der Waals surface area (Å²) in [6.07, 6.45) is -1.78. The highest BCUT2D eigenvalue weighted by Gasteiger charge is 2.34. The average molecular weight is 619 g/mol. The van der Waals surface area contributed by atoms with E-state index in [0.717, 1.165) is 12.1 Å². The highest BCUT2D eigenvalue weighted by molar-refractivity contribution is 9.10. The second-order valence-corrected chi connectivity index (χ2v) is 8.79. The fourth-order valence-electron chi connectivity index (χ4n) is 3.04. The normalized spacial score (nSPS) is 11.0. The number of carbonyl (C=O) groups excluding carboxylic acids is 3. The number of benzene rings is 3. The lowest BCUT2D eigenvalue weighted by Crippen LogP contribution is -2.32. The Morgan fingerprint density at radius 2 is 1.55 bits per heavy atom. The van der Waals surface area contributed by atoms with Gasteiger partial charge in [0.1, 0.15) is 18.1 Å². The first kappa shape index (κ1) is 29.9. The molecule has 0 aromatic heterocycles. The molecule has 0 fully saturated rings. The lowest BCUT2D eigenvalue weighted by atomic mass is 10.1. The van der Waals surface area contributed by atoms with Gasteiger partial charge in [-0.3, -0.25) is 14.4 Å². The molecule has 3 amide bonds. The van der Waals surface area contributed by atoms with Crippen LogP contribution in [0.4, 0.5) is 24.5 Å². The summed E-state index contributed by atoms with van der Waals surface area (Å²) in [5.41, 5.74) is 1.63. The van der Waals surface area contributed by atoms with Crippen LogP contribution in [0.15, 0.2) is 89.0 Å². The number of ether oxygens (including phenoxy) is 2. The smallest absolute Gasteiger partial charge is 0.418 e. The molecule has 13 heteroatoms. The summed E-state index contributed by atoms with van der Waals surface area (Å²) in [6.45, 7) is 3.35. The van der Waals surface area contributed by atoms with E-state index in [1.807, 2.05) is 0 Å². The number of halogens is 4. The Morgan fingerprint density at radius 1 is 0.900 bits per heavy atom. The fraction of sp³-hybridized carbons (Fsp3) is 0.111. The van der Waals surface area contributed by atoms with Crippen LogP contribution in [0.25, 0.3) is 0 Å². The summed E-state index contributed by atoms with van der Waals surface area (Å²) in [7, 11) is 0. The van der Waals surface area contributed by atoms with Crippen LogP contribution in [0.2, 0.25) is 0 Å². The molecule has 0 aliphatic carbocycles. The number of hydrogen-bond acceptors (Lipinski definition) is 6. The van der Waals surface area contributed by atoms with E-state index in [1.165, 1.54) is 24.4 Å². The van der Waals surface area contributed by atoms with Gasteiger partial charge in [0.2, 0.25) is 0 Å². The summed E-state index contributed by atoms with van der Waals surface area (Å²) in [6, 6.07) is 15.9. The van der Waals surface area contributed by atoms with E-state index >= 15 is 0 Å². The zero-order valence-electron chi connectivity index (χ0n) is 20.6. The molecule has 208 valence electrons. The van der Waals surface area contributed by atoms with Gasteiger partial charge in [-0.05, 0) is 72.3 Å². The molecule has 0 aliphatic rings. The average Bonchev–Trinajstić information content (AvgIpc) is 2.92. The van der Waals surface area contributed by atoms with Gasteiger partial charge in [0, 0.05) is 10.2 Å². The summed E-state index contributed by atoms with van der Waals surface area (Å²) in [5, 5.41) is 8.34. The third-order valence-electron chi connectivity index (χ3n) is 4.88. The molecule has 0 bridgehead atoms. The Kier molecular flexibility index (Phi) is 10.4. The molecule has 40 heavy (non-hydrogen) atoms. The molecule has 3 aromatic carbocycles. The van der Waals surface area contributed by atoms with Gasteiger partial charge >= 0.3 is 18.0 Å². The van der Waals surface area contributed by atoms with Crippen molar-refractivity contribution in [2.75, 3.05) is 23.8 Å². The molecule has 0 unspecified atom stereocenters. The number of hydrogen-bond donors (Lipinski definition) is 3. The monoisotopic (exact) mass is 618 g/mol. The number of alkyl halides is 3. The van der Waals surface area contributed by atoms with E-state index in [-0.39, 0.29) is 10.2 Å². The van der Waals surface area contributed by atoms with E-state index in [0.29, 0.717) is 23.6 Å². The van der Waals surface area contributed by atoms with Crippen LogP contribution in [-0.4, -0.2) is 37.1 Å². The maximum Gasteiger partial charge on any atom is 0.418 e.